The second-order valence-electron chi connectivity index (χ2n) is 8.01. The van der Waals surface area contributed by atoms with Gasteiger partial charge in [0.15, 0.2) is 11.5 Å². The van der Waals surface area contributed by atoms with E-state index in [1.807, 2.05) is 0 Å². The van der Waals surface area contributed by atoms with Crippen molar-refractivity contribution >= 4 is 5.91 Å². The topological polar surface area (TPSA) is 86.9 Å². The van der Waals surface area contributed by atoms with Crippen molar-refractivity contribution in [2.75, 3.05) is 34.4 Å². The molecule has 35 heavy (non-hydrogen) atoms. The van der Waals surface area contributed by atoms with Crippen molar-refractivity contribution in [2.45, 2.75) is 24.9 Å². The minimum atomic E-state index is -4.41. The van der Waals surface area contributed by atoms with Gasteiger partial charge in [-0.2, -0.15) is 18.2 Å². The van der Waals surface area contributed by atoms with E-state index in [1.165, 1.54) is 33.5 Å². The summed E-state index contributed by atoms with van der Waals surface area (Å²) in [4.78, 5) is 19.2. The van der Waals surface area contributed by atoms with Crippen LogP contribution < -0.4 is 14.2 Å². The first-order chi connectivity index (χ1) is 16.7. The van der Waals surface area contributed by atoms with Gasteiger partial charge in [0.2, 0.25) is 17.5 Å². The summed E-state index contributed by atoms with van der Waals surface area (Å²) in [6, 6.07) is 7.83. The summed E-state index contributed by atoms with van der Waals surface area (Å²) in [6.45, 7) is 0.941. The molecule has 1 saturated heterocycles. The van der Waals surface area contributed by atoms with E-state index in [1.54, 1.807) is 17.0 Å². The molecule has 1 aliphatic rings. The zero-order valence-corrected chi connectivity index (χ0v) is 19.4. The Labute approximate surface area is 199 Å². The Morgan fingerprint density at radius 2 is 1.60 bits per heavy atom. The van der Waals surface area contributed by atoms with Gasteiger partial charge in [-0.25, -0.2) is 0 Å². The maximum atomic E-state index is 13.1. The molecule has 8 nitrogen and oxygen atoms in total. The molecule has 1 aliphatic heterocycles. The van der Waals surface area contributed by atoms with Gasteiger partial charge in [0.05, 0.1) is 26.9 Å². The van der Waals surface area contributed by atoms with E-state index >= 15 is 0 Å². The third kappa shape index (κ3) is 5.03. The Bertz CT molecular complexity index is 1160. The highest BCUT2D eigenvalue weighted by molar-refractivity contribution is 5.95. The molecule has 186 valence electrons. The van der Waals surface area contributed by atoms with Crippen LogP contribution in [-0.4, -0.2) is 55.4 Å². The highest BCUT2D eigenvalue weighted by Crippen LogP contribution is 2.39. The number of amides is 1. The summed E-state index contributed by atoms with van der Waals surface area (Å²) in [5, 5.41) is 3.92. The van der Waals surface area contributed by atoms with Gasteiger partial charge in [0.1, 0.15) is 0 Å². The number of methoxy groups -OCH3 is 3. The SMILES string of the molecule is COc1cc(C(=O)N2CCC(c3nc(-c4ccc(C(F)(F)F)cc4)no3)CC2)cc(OC)c1OC. The fraction of sp³-hybridized carbons (Fsp3) is 0.375. The van der Waals surface area contributed by atoms with Crippen molar-refractivity contribution in [2.24, 2.45) is 0 Å². The molecule has 0 aliphatic carbocycles. The predicted octanol–water partition coefficient (Wildman–Crippen LogP) is 4.80. The monoisotopic (exact) mass is 491 g/mol. The van der Waals surface area contributed by atoms with Gasteiger partial charge in [-0.1, -0.05) is 17.3 Å². The Hall–Kier alpha value is -3.76. The lowest BCUT2D eigenvalue weighted by molar-refractivity contribution is -0.137. The molecule has 4 rings (SSSR count). The molecule has 0 bridgehead atoms. The number of ether oxygens (including phenoxy) is 3. The standard InChI is InChI=1S/C24H24F3N3O5/c1-32-18-12-16(13-19(33-2)20(18)34-3)23(31)30-10-8-15(9-11-30)22-28-21(29-35-22)14-4-6-17(7-5-14)24(25,26)27/h4-7,12-13,15H,8-11H2,1-3H3. The highest BCUT2D eigenvalue weighted by atomic mass is 19.4. The number of hydrogen-bond acceptors (Lipinski definition) is 7. The van der Waals surface area contributed by atoms with Crippen LogP contribution in [0.25, 0.3) is 11.4 Å². The molecule has 1 amide bonds. The molecule has 0 spiro atoms. The van der Waals surface area contributed by atoms with Gasteiger partial charge in [-0.05, 0) is 37.1 Å². The molecule has 0 atom stereocenters. The quantitative estimate of drug-likeness (QED) is 0.490. The average molecular weight is 491 g/mol. The Kier molecular flexibility index (Phi) is 6.86. The van der Waals surface area contributed by atoms with Crippen molar-refractivity contribution in [1.29, 1.82) is 0 Å². The summed E-state index contributed by atoms with van der Waals surface area (Å²) >= 11 is 0. The second-order valence-corrected chi connectivity index (χ2v) is 8.01. The van der Waals surface area contributed by atoms with Crippen molar-refractivity contribution in [3.8, 4) is 28.6 Å². The zero-order chi connectivity index (χ0) is 25.2. The molecular formula is C24H24F3N3O5. The fourth-order valence-corrected chi connectivity index (χ4v) is 4.04. The van der Waals surface area contributed by atoms with Gasteiger partial charge in [0, 0.05) is 30.1 Å². The summed E-state index contributed by atoms with van der Waals surface area (Å²) in [7, 11) is 4.47. The van der Waals surface area contributed by atoms with Gasteiger partial charge < -0.3 is 23.6 Å². The maximum absolute atomic E-state index is 13.1. The highest BCUT2D eigenvalue weighted by Gasteiger charge is 2.31. The summed E-state index contributed by atoms with van der Waals surface area (Å²) in [5.41, 5.74) is 0.109. The van der Waals surface area contributed by atoms with Gasteiger partial charge in [-0.3, -0.25) is 4.79 Å². The number of aromatic nitrogens is 2. The third-order valence-electron chi connectivity index (χ3n) is 5.96. The van der Waals surface area contributed by atoms with Crippen molar-refractivity contribution in [3.63, 3.8) is 0 Å². The minimum absolute atomic E-state index is 0.0605. The number of nitrogens with zero attached hydrogens (tertiary/aromatic N) is 3. The van der Waals surface area contributed by atoms with Crippen LogP contribution in [0.3, 0.4) is 0 Å². The number of benzene rings is 2. The number of hydrogen-bond donors (Lipinski definition) is 0. The molecule has 11 heteroatoms. The summed E-state index contributed by atoms with van der Waals surface area (Å²) in [6.07, 6.45) is -3.20. The molecule has 2 aromatic carbocycles. The van der Waals surface area contributed by atoms with Crippen LogP contribution in [0.2, 0.25) is 0 Å². The van der Waals surface area contributed by atoms with Crippen molar-refractivity contribution in [1.82, 2.24) is 15.0 Å². The van der Waals surface area contributed by atoms with E-state index in [9.17, 15) is 18.0 Å². The number of piperidine rings is 1. The summed E-state index contributed by atoms with van der Waals surface area (Å²) in [5.74, 6) is 1.60. The zero-order valence-electron chi connectivity index (χ0n) is 19.4. The van der Waals surface area contributed by atoms with Crippen molar-refractivity contribution < 1.29 is 36.7 Å². The van der Waals surface area contributed by atoms with Gasteiger partial charge in [0.25, 0.3) is 5.91 Å². The normalized spacial score (nSPS) is 14.6. The van der Waals surface area contributed by atoms with E-state index in [0.717, 1.165) is 12.1 Å². The van der Waals surface area contributed by atoms with E-state index in [2.05, 4.69) is 10.1 Å². The lowest BCUT2D eigenvalue weighted by atomic mass is 9.96. The number of carbonyl (C=O) groups excluding carboxylic acids is 1. The van der Waals surface area contributed by atoms with Crippen LogP contribution in [0.1, 0.15) is 40.6 Å². The van der Waals surface area contributed by atoms with Crippen molar-refractivity contribution in [3.05, 3.63) is 53.4 Å². The smallest absolute Gasteiger partial charge is 0.416 e. The first kappa shape index (κ1) is 24.4. The molecule has 3 aromatic rings. The maximum Gasteiger partial charge on any atom is 0.416 e. The van der Waals surface area contributed by atoms with Crippen LogP contribution in [0.5, 0.6) is 17.2 Å². The summed E-state index contributed by atoms with van der Waals surface area (Å²) < 4.78 is 59.7. The second kappa shape index (κ2) is 9.85. The first-order valence-corrected chi connectivity index (χ1v) is 10.9. The van der Waals surface area contributed by atoms with E-state index in [4.69, 9.17) is 18.7 Å². The van der Waals surface area contributed by atoms with Crippen LogP contribution in [0, 0.1) is 0 Å². The van der Waals surface area contributed by atoms with Crippen LogP contribution in [-0.2, 0) is 6.18 Å². The number of carbonyl (C=O) groups is 1. The Balaban J connectivity index is 1.42. The lowest BCUT2D eigenvalue weighted by Crippen LogP contribution is -2.38. The largest absolute Gasteiger partial charge is 0.493 e. The number of alkyl halides is 3. The molecule has 0 N–H and O–H groups in total. The first-order valence-electron chi connectivity index (χ1n) is 10.9. The van der Waals surface area contributed by atoms with Crippen LogP contribution in [0.15, 0.2) is 40.9 Å². The molecule has 2 heterocycles. The van der Waals surface area contributed by atoms with Gasteiger partial charge >= 0.3 is 6.18 Å². The third-order valence-corrected chi connectivity index (χ3v) is 5.96. The number of halogens is 3. The Morgan fingerprint density at radius 3 is 2.11 bits per heavy atom. The van der Waals surface area contributed by atoms with E-state index in [0.29, 0.717) is 60.2 Å². The minimum Gasteiger partial charge on any atom is -0.493 e. The molecular weight excluding hydrogens is 467 g/mol. The molecule has 1 fully saturated rings. The van der Waals surface area contributed by atoms with E-state index in [-0.39, 0.29) is 17.6 Å². The molecule has 0 radical (unpaired) electrons. The number of rotatable bonds is 6. The predicted molar refractivity (Wildman–Crippen MR) is 119 cm³/mol. The fourth-order valence-electron chi connectivity index (χ4n) is 4.04. The van der Waals surface area contributed by atoms with E-state index < -0.39 is 11.7 Å². The van der Waals surface area contributed by atoms with Crippen LogP contribution >= 0.6 is 0 Å². The molecule has 1 aromatic heterocycles. The molecule has 0 saturated carbocycles. The molecule has 0 unspecified atom stereocenters. The van der Waals surface area contributed by atoms with Gasteiger partial charge in [-0.15, -0.1) is 0 Å². The lowest BCUT2D eigenvalue weighted by Gasteiger charge is -2.30. The number of likely N-dealkylation sites (tertiary alicyclic amines) is 1. The average Bonchev–Trinajstić information content (AvgIpc) is 3.37. The van der Waals surface area contributed by atoms with Crippen LogP contribution in [0.4, 0.5) is 13.2 Å². The Morgan fingerprint density at radius 1 is 1.00 bits per heavy atom.